The van der Waals surface area contributed by atoms with Crippen molar-refractivity contribution in [2.75, 3.05) is 6.61 Å². The van der Waals surface area contributed by atoms with Crippen LogP contribution in [0.4, 0.5) is 0 Å². The second kappa shape index (κ2) is 4.48. The van der Waals surface area contributed by atoms with Crippen LogP contribution in [-0.2, 0) is 5.41 Å². The van der Waals surface area contributed by atoms with Crippen LogP contribution in [-0.4, -0.2) is 6.61 Å². The van der Waals surface area contributed by atoms with Gasteiger partial charge in [-0.25, -0.2) is 0 Å². The van der Waals surface area contributed by atoms with Crippen LogP contribution in [0.1, 0.15) is 45.6 Å². The van der Waals surface area contributed by atoms with Crippen LogP contribution in [0.15, 0.2) is 24.3 Å². The molecule has 16 heavy (non-hydrogen) atoms. The minimum atomic E-state index is 0.273. The second-order valence-corrected chi connectivity index (χ2v) is 5.52. The Hall–Kier alpha value is -0.980. The molecule has 0 amide bonds. The molecule has 0 aromatic heterocycles. The molecule has 2 rings (SSSR count). The van der Waals surface area contributed by atoms with Gasteiger partial charge in [-0.1, -0.05) is 32.9 Å². The summed E-state index contributed by atoms with van der Waals surface area (Å²) in [5.74, 6) is 1.84. The largest absolute Gasteiger partial charge is 0.493 e. The van der Waals surface area contributed by atoms with Crippen LogP contribution in [0.3, 0.4) is 0 Å². The van der Waals surface area contributed by atoms with Gasteiger partial charge in [0.25, 0.3) is 0 Å². The summed E-state index contributed by atoms with van der Waals surface area (Å²) in [6.45, 7) is 7.70. The summed E-state index contributed by atoms with van der Waals surface area (Å²) in [7, 11) is 0. The molecule has 0 bridgehead atoms. The van der Waals surface area contributed by atoms with Crippen LogP contribution in [0.25, 0.3) is 0 Å². The van der Waals surface area contributed by atoms with Crippen LogP contribution in [0, 0.1) is 5.92 Å². The summed E-state index contributed by atoms with van der Waals surface area (Å²) in [5.41, 5.74) is 1.67. The monoisotopic (exact) mass is 218 g/mol. The predicted molar refractivity (Wildman–Crippen MR) is 68.0 cm³/mol. The predicted octanol–water partition coefficient (Wildman–Crippen LogP) is 4.16. The molecule has 1 aliphatic carbocycles. The molecule has 1 saturated carbocycles. The van der Waals surface area contributed by atoms with Gasteiger partial charge in [-0.05, 0) is 48.3 Å². The molecule has 0 saturated heterocycles. The van der Waals surface area contributed by atoms with E-state index in [2.05, 4.69) is 45.0 Å². The fraction of sp³-hybridized carbons (Fsp3) is 0.600. The van der Waals surface area contributed by atoms with Crippen LogP contribution in [0.2, 0.25) is 0 Å². The van der Waals surface area contributed by atoms with Crippen molar-refractivity contribution >= 4 is 0 Å². The molecule has 1 fully saturated rings. The minimum absolute atomic E-state index is 0.273. The topological polar surface area (TPSA) is 9.23 Å². The van der Waals surface area contributed by atoms with Gasteiger partial charge < -0.3 is 4.74 Å². The van der Waals surface area contributed by atoms with E-state index in [-0.39, 0.29) is 5.41 Å². The molecule has 1 aromatic carbocycles. The number of ether oxygens (including phenoxy) is 1. The average molecular weight is 218 g/mol. The molecule has 88 valence electrons. The highest BCUT2D eigenvalue weighted by Gasteiger charge is 2.22. The Kier molecular flexibility index (Phi) is 3.22. The normalized spacial score (nSPS) is 16.2. The van der Waals surface area contributed by atoms with Gasteiger partial charge in [0.15, 0.2) is 0 Å². The Morgan fingerprint density at radius 3 is 2.31 bits per heavy atom. The molecule has 0 spiro atoms. The Labute approximate surface area is 98.8 Å². The molecule has 0 radical (unpaired) electrons. The van der Waals surface area contributed by atoms with E-state index in [1.807, 2.05) is 0 Å². The van der Waals surface area contributed by atoms with Gasteiger partial charge in [0.05, 0.1) is 6.61 Å². The van der Waals surface area contributed by atoms with Gasteiger partial charge >= 0.3 is 0 Å². The Morgan fingerprint density at radius 2 is 1.81 bits per heavy atom. The SMILES string of the molecule is CCC(C)(C)c1ccc(OCC2CC2)cc1. The van der Waals surface area contributed by atoms with E-state index in [1.165, 1.54) is 18.4 Å². The maximum absolute atomic E-state index is 5.73. The number of hydrogen-bond donors (Lipinski definition) is 0. The van der Waals surface area contributed by atoms with Gasteiger partial charge in [0.1, 0.15) is 5.75 Å². The summed E-state index contributed by atoms with van der Waals surface area (Å²) in [6, 6.07) is 8.61. The van der Waals surface area contributed by atoms with Crippen molar-refractivity contribution in [3.63, 3.8) is 0 Å². The van der Waals surface area contributed by atoms with Gasteiger partial charge in [-0.15, -0.1) is 0 Å². The highest BCUT2D eigenvalue weighted by Crippen LogP contribution is 2.31. The first-order valence-corrected chi connectivity index (χ1v) is 6.35. The third kappa shape index (κ3) is 2.78. The zero-order valence-corrected chi connectivity index (χ0v) is 10.6. The minimum Gasteiger partial charge on any atom is -0.493 e. The second-order valence-electron chi connectivity index (χ2n) is 5.52. The van der Waals surface area contributed by atoms with E-state index < -0.39 is 0 Å². The molecule has 0 heterocycles. The standard InChI is InChI=1S/C15H22O/c1-4-15(2,3)13-7-9-14(10-8-13)16-11-12-5-6-12/h7-10,12H,4-6,11H2,1-3H3. The maximum Gasteiger partial charge on any atom is 0.119 e. The van der Waals surface area contributed by atoms with Crippen molar-refractivity contribution in [3.05, 3.63) is 29.8 Å². The molecule has 1 aliphatic rings. The first-order chi connectivity index (χ1) is 7.62. The van der Waals surface area contributed by atoms with Crippen molar-refractivity contribution in [1.29, 1.82) is 0 Å². The highest BCUT2D eigenvalue weighted by atomic mass is 16.5. The van der Waals surface area contributed by atoms with Gasteiger partial charge in [-0.3, -0.25) is 0 Å². The van der Waals surface area contributed by atoms with E-state index >= 15 is 0 Å². The molecule has 0 unspecified atom stereocenters. The number of benzene rings is 1. The molecule has 0 N–H and O–H groups in total. The summed E-state index contributed by atoms with van der Waals surface area (Å²) in [6.07, 6.45) is 3.86. The van der Waals surface area contributed by atoms with Gasteiger partial charge in [-0.2, -0.15) is 0 Å². The first-order valence-electron chi connectivity index (χ1n) is 6.35. The van der Waals surface area contributed by atoms with Crippen LogP contribution < -0.4 is 4.74 Å². The fourth-order valence-electron chi connectivity index (χ4n) is 1.71. The Morgan fingerprint density at radius 1 is 1.19 bits per heavy atom. The molecular formula is C15H22O. The lowest BCUT2D eigenvalue weighted by atomic mass is 9.82. The molecule has 1 heteroatoms. The molecule has 0 aliphatic heterocycles. The van der Waals surface area contributed by atoms with E-state index in [9.17, 15) is 0 Å². The van der Waals surface area contributed by atoms with Crippen molar-refractivity contribution in [2.45, 2.75) is 45.4 Å². The number of hydrogen-bond acceptors (Lipinski definition) is 1. The molecule has 1 aromatic rings. The highest BCUT2D eigenvalue weighted by molar-refractivity contribution is 5.31. The van der Waals surface area contributed by atoms with E-state index in [0.29, 0.717) is 0 Å². The van der Waals surface area contributed by atoms with Crippen molar-refractivity contribution < 1.29 is 4.74 Å². The molecular weight excluding hydrogens is 196 g/mol. The average Bonchev–Trinajstić information content (AvgIpc) is 3.11. The quantitative estimate of drug-likeness (QED) is 0.721. The zero-order valence-electron chi connectivity index (χ0n) is 10.6. The summed E-state index contributed by atoms with van der Waals surface area (Å²) < 4.78 is 5.73. The summed E-state index contributed by atoms with van der Waals surface area (Å²) in [4.78, 5) is 0. The van der Waals surface area contributed by atoms with Crippen molar-refractivity contribution in [1.82, 2.24) is 0 Å². The lowest BCUT2D eigenvalue weighted by Gasteiger charge is -2.23. The summed E-state index contributed by atoms with van der Waals surface area (Å²) in [5, 5.41) is 0. The fourth-order valence-corrected chi connectivity index (χ4v) is 1.71. The third-order valence-corrected chi connectivity index (χ3v) is 3.70. The van der Waals surface area contributed by atoms with E-state index in [0.717, 1.165) is 24.7 Å². The van der Waals surface area contributed by atoms with Crippen molar-refractivity contribution in [2.24, 2.45) is 5.92 Å². The zero-order chi connectivity index (χ0) is 11.6. The first kappa shape index (κ1) is 11.5. The maximum atomic E-state index is 5.73. The molecule has 0 atom stereocenters. The van der Waals surface area contributed by atoms with Crippen LogP contribution in [0.5, 0.6) is 5.75 Å². The van der Waals surface area contributed by atoms with Gasteiger partial charge in [0, 0.05) is 0 Å². The smallest absolute Gasteiger partial charge is 0.119 e. The number of rotatable bonds is 5. The van der Waals surface area contributed by atoms with Crippen LogP contribution >= 0.6 is 0 Å². The third-order valence-electron chi connectivity index (χ3n) is 3.70. The lowest BCUT2D eigenvalue weighted by molar-refractivity contribution is 0.299. The Balaban J connectivity index is 1.97. The summed E-state index contributed by atoms with van der Waals surface area (Å²) >= 11 is 0. The Bertz CT molecular complexity index is 333. The van der Waals surface area contributed by atoms with E-state index in [1.54, 1.807) is 0 Å². The van der Waals surface area contributed by atoms with Gasteiger partial charge in [0.2, 0.25) is 0 Å². The molecule has 1 nitrogen and oxygen atoms in total. The van der Waals surface area contributed by atoms with E-state index in [4.69, 9.17) is 4.74 Å². The lowest BCUT2D eigenvalue weighted by Crippen LogP contribution is -2.15. The van der Waals surface area contributed by atoms with Crippen molar-refractivity contribution in [3.8, 4) is 5.75 Å².